The number of anilines is 1. The van der Waals surface area contributed by atoms with Crippen LogP contribution in [-0.4, -0.2) is 19.0 Å². The van der Waals surface area contributed by atoms with E-state index in [4.69, 9.17) is 4.74 Å². The number of carbonyl (C=O) groups excluding carboxylic acids is 2. The Hall–Kier alpha value is -2.10. The molecule has 0 aliphatic heterocycles. The second-order valence-electron chi connectivity index (χ2n) is 4.94. The van der Waals surface area contributed by atoms with Gasteiger partial charge in [0.1, 0.15) is 0 Å². The number of benzene rings is 1. The maximum Gasteiger partial charge on any atom is 0.338 e. The second kappa shape index (κ2) is 6.37. The van der Waals surface area contributed by atoms with Gasteiger partial charge in [-0.2, -0.15) is 0 Å². The largest absolute Gasteiger partial charge is 0.465 e. The van der Waals surface area contributed by atoms with Gasteiger partial charge in [-0.1, -0.05) is 18.2 Å². The highest BCUT2D eigenvalue weighted by atomic mass is 16.5. The molecule has 1 aliphatic rings. The average molecular weight is 273 g/mol. The molecule has 1 N–H and O–H groups in total. The van der Waals surface area contributed by atoms with E-state index in [1.165, 1.54) is 7.11 Å². The lowest BCUT2D eigenvalue weighted by Gasteiger charge is -2.18. The quantitative estimate of drug-likeness (QED) is 0.680. The van der Waals surface area contributed by atoms with Gasteiger partial charge in [-0.15, -0.1) is 0 Å². The Bertz CT molecular complexity index is 549. The van der Waals surface area contributed by atoms with Crippen LogP contribution in [0.25, 0.3) is 0 Å². The molecule has 0 spiro atoms. The van der Waals surface area contributed by atoms with Crippen LogP contribution >= 0.6 is 0 Å². The summed E-state index contributed by atoms with van der Waals surface area (Å²) >= 11 is 0. The van der Waals surface area contributed by atoms with Gasteiger partial charge in [-0.05, 0) is 43.9 Å². The number of ether oxygens (including phenoxy) is 1. The van der Waals surface area contributed by atoms with Crippen LogP contribution in [-0.2, 0) is 9.53 Å². The van der Waals surface area contributed by atoms with Crippen molar-refractivity contribution in [2.24, 2.45) is 5.92 Å². The third-order valence-electron chi connectivity index (χ3n) is 3.64. The highest BCUT2D eigenvalue weighted by Gasteiger charge is 2.20. The minimum absolute atomic E-state index is 0.0134. The number of esters is 1. The molecule has 1 aromatic carbocycles. The van der Waals surface area contributed by atoms with Crippen molar-refractivity contribution >= 4 is 17.6 Å². The minimum Gasteiger partial charge on any atom is -0.465 e. The van der Waals surface area contributed by atoms with Crippen molar-refractivity contribution in [1.29, 1.82) is 0 Å². The molecule has 1 aliphatic carbocycles. The van der Waals surface area contributed by atoms with Gasteiger partial charge in [-0.25, -0.2) is 4.79 Å². The molecule has 1 amide bonds. The maximum atomic E-state index is 12.2. The molecule has 0 bridgehead atoms. The molecule has 0 aromatic heterocycles. The van der Waals surface area contributed by atoms with E-state index in [1.54, 1.807) is 18.2 Å². The molecular weight excluding hydrogens is 254 g/mol. The predicted molar refractivity (Wildman–Crippen MR) is 77.6 cm³/mol. The van der Waals surface area contributed by atoms with Crippen LogP contribution in [0.1, 0.15) is 35.2 Å². The van der Waals surface area contributed by atoms with Crippen LogP contribution in [0.3, 0.4) is 0 Å². The Morgan fingerprint density at radius 3 is 2.75 bits per heavy atom. The molecule has 4 heteroatoms. The molecule has 4 nitrogen and oxygen atoms in total. The first-order valence-corrected chi connectivity index (χ1v) is 6.77. The summed E-state index contributed by atoms with van der Waals surface area (Å²) in [6.45, 7) is 1.81. The van der Waals surface area contributed by atoms with Crippen molar-refractivity contribution in [1.82, 2.24) is 0 Å². The standard InChI is InChI=1S/C16H19NO3/c1-11-13(16(19)20-2)9-6-10-14(11)17-15(18)12-7-4-3-5-8-12/h3-4,6,9-10,12H,5,7-8H2,1-2H3,(H,17,18). The SMILES string of the molecule is COC(=O)c1cccc(NC(=O)C2CC=CCC2)c1C. The monoisotopic (exact) mass is 273 g/mol. The van der Waals surface area contributed by atoms with Gasteiger partial charge in [0.05, 0.1) is 12.7 Å². The summed E-state index contributed by atoms with van der Waals surface area (Å²) in [5.41, 5.74) is 1.89. The number of methoxy groups -OCH3 is 1. The van der Waals surface area contributed by atoms with Gasteiger partial charge in [0.25, 0.3) is 0 Å². The van der Waals surface area contributed by atoms with E-state index in [-0.39, 0.29) is 17.8 Å². The summed E-state index contributed by atoms with van der Waals surface area (Å²) in [5, 5.41) is 2.92. The van der Waals surface area contributed by atoms with Gasteiger partial charge in [0.2, 0.25) is 5.91 Å². The summed E-state index contributed by atoms with van der Waals surface area (Å²) in [4.78, 5) is 23.8. The van der Waals surface area contributed by atoms with E-state index in [9.17, 15) is 9.59 Å². The van der Waals surface area contributed by atoms with Gasteiger partial charge < -0.3 is 10.1 Å². The fraction of sp³-hybridized carbons (Fsp3) is 0.375. The predicted octanol–water partition coefficient (Wildman–Crippen LogP) is 3.08. The van der Waals surface area contributed by atoms with Crippen molar-refractivity contribution in [3.63, 3.8) is 0 Å². The van der Waals surface area contributed by atoms with Crippen molar-refractivity contribution in [3.8, 4) is 0 Å². The minimum atomic E-state index is -0.390. The zero-order chi connectivity index (χ0) is 14.5. The van der Waals surface area contributed by atoms with E-state index in [0.29, 0.717) is 11.3 Å². The van der Waals surface area contributed by atoms with Gasteiger partial charge in [0, 0.05) is 11.6 Å². The van der Waals surface area contributed by atoms with Gasteiger partial charge in [0.15, 0.2) is 0 Å². The first-order chi connectivity index (χ1) is 9.63. The van der Waals surface area contributed by atoms with E-state index >= 15 is 0 Å². The number of carbonyl (C=O) groups is 2. The van der Waals surface area contributed by atoms with Crippen LogP contribution in [0.5, 0.6) is 0 Å². The molecule has 1 aromatic rings. The lowest BCUT2D eigenvalue weighted by molar-refractivity contribution is -0.120. The number of hydrogen-bond donors (Lipinski definition) is 1. The number of amides is 1. The first-order valence-electron chi connectivity index (χ1n) is 6.77. The molecule has 0 saturated heterocycles. The molecular formula is C16H19NO3. The van der Waals surface area contributed by atoms with Crippen molar-refractivity contribution in [2.75, 3.05) is 12.4 Å². The summed E-state index contributed by atoms with van der Waals surface area (Å²) < 4.78 is 4.73. The molecule has 106 valence electrons. The lowest BCUT2D eigenvalue weighted by Crippen LogP contribution is -2.24. The van der Waals surface area contributed by atoms with E-state index in [1.807, 2.05) is 13.0 Å². The number of allylic oxidation sites excluding steroid dienone is 2. The zero-order valence-electron chi connectivity index (χ0n) is 11.8. The Labute approximate surface area is 118 Å². The third kappa shape index (κ3) is 3.07. The van der Waals surface area contributed by atoms with Crippen molar-refractivity contribution < 1.29 is 14.3 Å². The second-order valence-corrected chi connectivity index (χ2v) is 4.94. The van der Waals surface area contributed by atoms with Crippen molar-refractivity contribution in [2.45, 2.75) is 26.2 Å². The fourth-order valence-corrected chi connectivity index (χ4v) is 2.37. The Kier molecular flexibility index (Phi) is 4.56. The maximum absolute atomic E-state index is 12.2. The van der Waals surface area contributed by atoms with Crippen LogP contribution in [0.2, 0.25) is 0 Å². The Morgan fingerprint density at radius 2 is 2.10 bits per heavy atom. The molecule has 0 heterocycles. The zero-order valence-corrected chi connectivity index (χ0v) is 11.8. The van der Waals surface area contributed by atoms with Crippen LogP contribution in [0, 0.1) is 12.8 Å². The smallest absolute Gasteiger partial charge is 0.338 e. The van der Waals surface area contributed by atoms with Crippen LogP contribution < -0.4 is 5.32 Å². The summed E-state index contributed by atoms with van der Waals surface area (Å²) in [6.07, 6.45) is 6.75. The summed E-state index contributed by atoms with van der Waals surface area (Å²) in [7, 11) is 1.35. The van der Waals surface area contributed by atoms with Crippen LogP contribution in [0.15, 0.2) is 30.4 Å². The lowest BCUT2D eigenvalue weighted by atomic mass is 9.93. The highest BCUT2D eigenvalue weighted by Crippen LogP contribution is 2.23. The molecule has 0 saturated carbocycles. The van der Waals surface area contributed by atoms with E-state index < -0.39 is 0 Å². The molecule has 0 radical (unpaired) electrons. The highest BCUT2D eigenvalue weighted by molar-refractivity contribution is 5.97. The molecule has 2 rings (SSSR count). The number of rotatable bonds is 3. The Morgan fingerprint density at radius 1 is 1.30 bits per heavy atom. The van der Waals surface area contributed by atoms with Crippen molar-refractivity contribution in [3.05, 3.63) is 41.5 Å². The number of nitrogens with one attached hydrogen (secondary N) is 1. The normalized spacial score (nSPS) is 17.6. The third-order valence-corrected chi connectivity index (χ3v) is 3.64. The van der Waals surface area contributed by atoms with Gasteiger partial charge >= 0.3 is 5.97 Å². The fourth-order valence-electron chi connectivity index (χ4n) is 2.37. The molecule has 1 unspecified atom stereocenters. The summed E-state index contributed by atoms with van der Waals surface area (Å²) in [6, 6.07) is 5.24. The topological polar surface area (TPSA) is 55.4 Å². The Balaban J connectivity index is 2.15. The van der Waals surface area contributed by atoms with Crippen LogP contribution in [0.4, 0.5) is 5.69 Å². The van der Waals surface area contributed by atoms with E-state index in [0.717, 1.165) is 24.8 Å². The van der Waals surface area contributed by atoms with Gasteiger partial charge in [-0.3, -0.25) is 4.79 Å². The molecule has 20 heavy (non-hydrogen) atoms. The van der Waals surface area contributed by atoms with E-state index in [2.05, 4.69) is 11.4 Å². The number of hydrogen-bond acceptors (Lipinski definition) is 3. The molecule has 0 fully saturated rings. The summed E-state index contributed by atoms with van der Waals surface area (Å²) in [5.74, 6) is -0.361. The average Bonchev–Trinajstić information content (AvgIpc) is 2.49. The first kappa shape index (κ1) is 14.3. The molecule has 1 atom stereocenters.